The fraction of sp³-hybridized carbons (Fsp3) is 0.111. The Morgan fingerprint density at radius 2 is 2.40 bits per heavy atom. The summed E-state index contributed by atoms with van der Waals surface area (Å²) in [6.07, 6.45) is 4.88. The average Bonchev–Trinajstić information content (AvgIpc) is 2.86. The Hall–Kier alpha value is -2.24. The molecule has 3 aromatic rings. The summed E-state index contributed by atoms with van der Waals surface area (Å²) in [5.41, 5.74) is 1.67. The standard InChI is InChI=1S/C9H8N6/c1-2-7-9(11-3-1)14-8(13-7)4-15-6-10-5-12-15/h1-3,5-6H,4H2,(H,11,13,14). The number of pyridine rings is 1. The van der Waals surface area contributed by atoms with Crippen LogP contribution in [0, 0.1) is 0 Å². The third kappa shape index (κ3) is 1.45. The Bertz CT molecular complexity index is 534. The fourth-order valence-corrected chi connectivity index (χ4v) is 1.44. The van der Waals surface area contributed by atoms with Gasteiger partial charge in [-0.05, 0) is 12.1 Å². The van der Waals surface area contributed by atoms with Crippen LogP contribution < -0.4 is 0 Å². The molecule has 15 heavy (non-hydrogen) atoms. The number of nitrogens with one attached hydrogen (secondary N) is 1. The molecular weight excluding hydrogens is 192 g/mol. The smallest absolute Gasteiger partial charge is 0.177 e. The average molecular weight is 200 g/mol. The van der Waals surface area contributed by atoms with Crippen LogP contribution in [0.1, 0.15) is 5.82 Å². The van der Waals surface area contributed by atoms with E-state index < -0.39 is 0 Å². The number of fused-ring (bicyclic) bond motifs is 1. The number of hydrogen-bond acceptors (Lipinski definition) is 4. The van der Waals surface area contributed by atoms with Crippen molar-refractivity contribution in [3.8, 4) is 0 Å². The monoisotopic (exact) mass is 200 g/mol. The Morgan fingerprint density at radius 3 is 3.20 bits per heavy atom. The second-order valence-electron chi connectivity index (χ2n) is 3.15. The van der Waals surface area contributed by atoms with Gasteiger partial charge < -0.3 is 4.98 Å². The van der Waals surface area contributed by atoms with Crippen molar-refractivity contribution in [2.75, 3.05) is 0 Å². The largest absolute Gasteiger partial charge is 0.339 e. The van der Waals surface area contributed by atoms with Gasteiger partial charge in [-0.2, -0.15) is 5.10 Å². The molecule has 0 spiro atoms. The van der Waals surface area contributed by atoms with Gasteiger partial charge in [0.15, 0.2) is 5.65 Å². The zero-order valence-electron chi connectivity index (χ0n) is 7.83. The van der Waals surface area contributed by atoms with E-state index in [0.717, 1.165) is 17.0 Å². The van der Waals surface area contributed by atoms with E-state index in [0.29, 0.717) is 6.54 Å². The SMILES string of the molecule is c1cnc2nc(Cn3cncn3)[nH]c2c1. The number of hydrogen-bond donors (Lipinski definition) is 1. The van der Waals surface area contributed by atoms with Gasteiger partial charge in [-0.1, -0.05) is 0 Å². The molecule has 6 heteroatoms. The number of nitrogens with zero attached hydrogens (tertiary/aromatic N) is 5. The van der Waals surface area contributed by atoms with Gasteiger partial charge in [0.25, 0.3) is 0 Å². The highest BCUT2D eigenvalue weighted by Crippen LogP contribution is 2.07. The maximum Gasteiger partial charge on any atom is 0.177 e. The lowest BCUT2D eigenvalue weighted by Crippen LogP contribution is -2.01. The van der Waals surface area contributed by atoms with E-state index in [1.165, 1.54) is 6.33 Å². The molecule has 0 aromatic carbocycles. The van der Waals surface area contributed by atoms with E-state index in [-0.39, 0.29) is 0 Å². The third-order valence-electron chi connectivity index (χ3n) is 2.08. The van der Waals surface area contributed by atoms with Crippen LogP contribution >= 0.6 is 0 Å². The molecule has 0 fully saturated rings. The minimum Gasteiger partial charge on any atom is -0.339 e. The first-order valence-corrected chi connectivity index (χ1v) is 4.54. The van der Waals surface area contributed by atoms with Gasteiger partial charge in [0, 0.05) is 6.20 Å². The summed E-state index contributed by atoms with van der Waals surface area (Å²) in [6, 6.07) is 3.82. The normalized spacial score (nSPS) is 10.9. The van der Waals surface area contributed by atoms with Gasteiger partial charge in [-0.15, -0.1) is 0 Å². The first kappa shape index (κ1) is 8.10. The van der Waals surface area contributed by atoms with Gasteiger partial charge in [0.05, 0.1) is 5.52 Å². The third-order valence-corrected chi connectivity index (χ3v) is 2.08. The van der Waals surface area contributed by atoms with Crippen molar-refractivity contribution in [1.82, 2.24) is 29.7 Å². The van der Waals surface area contributed by atoms with Crippen LogP contribution in [0.3, 0.4) is 0 Å². The fourth-order valence-electron chi connectivity index (χ4n) is 1.44. The minimum absolute atomic E-state index is 0.580. The number of rotatable bonds is 2. The predicted octanol–water partition coefficient (Wildman–Crippen LogP) is 0.598. The lowest BCUT2D eigenvalue weighted by molar-refractivity contribution is 0.661. The number of H-pyrrole nitrogens is 1. The summed E-state index contributed by atoms with van der Waals surface area (Å²) in [5, 5.41) is 4.01. The van der Waals surface area contributed by atoms with E-state index in [2.05, 4.69) is 25.0 Å². The molecule has 1 N–H and O–H groups in total. The predicted molar refractivity (Wildman–Crippen MR) is 53.0 cm³/mol. The Kier molecular flexibility index (Phi) is 1.71. The summed E-state index contributed by atoms with van der Waals surface area (Å²) in [5.74, 6) is 0.828. The van der Waals surface area contributed by atoms with Crippen LogP contribution in [0.15, 0.2) is 31.0 Å². The highest BCUT2D eigenvalue weighted by atomic mass is 15.3. The van der Waals surface area contributed by atoms with E-state index in [1.54, 1.807) is 17.2 Å². The minimum atomic E-state index is 0.580. The molecule has 0 radical (unpaired) electrons. The lowest BCUT2D eigenvalue weighted by atomic mass is 10.4. The Morgan fingerprint density at radius 1 is 1.40 bits per heavy atom. The molecule has 0 unspecified atom stereocenters. The van der Waals surface area contributed by atoms with Crippen molar-refractivity contribution in [3.63, 3.8) is 0 Å². The second kappa shape index (κ2) is 3.16. The van der Waals surface area contributed by atoms with Crippen LogP contribution in [0.5, 0.6) is 0 Å². The molecule has 0 aliphatic heterocycles. The van der Waals surface area contributed by atoms with Gasteiger partial charge in [0.2, 0.25) is 0 Å². The zero-order valence-corrected chi connectivity index (χ0v) is 7.83. The zero-order chi connectivity index (χ0) is 10.1. The molecule has 3 rings (SSSR count). The maximum atomic E-state index is 4.33. The molecule has 3 aromatic heterocycles. The first-order chi connectivity index (χ1) is 7.42. The molecule has 0 aliphatic carbocycles. The topological polar surface area (TPSA) is 72.3 Å². The molecular formula is C9H8N6. The molecule has 0 atom stereocenters. The second-order valence-corrected chi connectivity index (χ2v) is 3.15. The van der Waals surface area contributed by atoms with E-state index in [4.69, 9.17) is 0 Å². The Labute approximate surface area is 85.0 Å². The number of aromatic amines is 1. The highest BCUT2D eigenvalue weighted by molar-refractivity contribution is 5.69. The van der Waals surface area contributed by atoms with Crippen molar-refractivity contribution in [2.45, 2.75) is 6.54 Å². The van der Waals surface area contributed by atoms with Crippen molar-refractivity contribution < 1.29 is 0 Å². The van der Waals surface area contributed by atoms with Crippen LogP contribution in [0.2, 0.25) is 0 Å². The van der Waals surface area contributed by atoms with Crippen molar-refractivity contribution >= 4 is 11.2 Å². The van der Waals surface area contributed by atoms with Gasteiger partial charge >= 0.3 is 0 Å². The van der Waals surface area contributed by atoms with E-state index in [9.17, 15) is 0 Å². The van der Waals surface area contributed by atoms with Gasteiger partial charge in [0.1, 0.15) is 25.0 Å². The summed E-state index contributed by atoms with van der Waals surface area (Å²) in [4.78, 5) is 15.5. The van der Waals surface area contributed by atoms with E-state index >= 15 is 0 Å². The Balaban J connectivity index is 1.98. The number of aromatic nitrogens is 6. The molecule has 74 valence electrons. The van der Waals surface area contributed by atoms with Gasteiger partial charge in [-0.3, -0.25) is 0 Å². The van der Waals surface area contributed by atoms with Crippen LogP contribution in [0.25, 0.3) is 11.2 Å². The molecule has 0 saturated carbocycles. The maximum absolute atomic E-state index is 4.33. The molecule has 6 nitrogen and oxygen atoms in total. The summed E-state index contributed by atoms with van der Waals surface area (Å²) >= 11 is 0. The lowest BCUT2D eigenvalue weighted by Gasteiger charge is -1.93. The van der Waals surface area contributed by atoms with Crippen LogP contribution in [-0.4, -0.2) is 29.7 Å². The van der Waals surface area contributed by atoms with Crippen molar-refractivity contribution in [1.29, 1.82) is 0 Å². The van der Waals surface area contributed by atoms with E-state index in [1.807, 2.05) is 12.1 Å². The molecule has 0 amide bonds. The molecule has 0 bridgehead atoms. The van der Waals surface area contributed by atoms with Crippen LogP contribution in [-0.2, 0) is 6.54 Å². The highest BCUT2D eigenvalue weighted by Gasteiger charge is 2.03. The molecule has 0 aliphatic rings. The molecule has 3 heterocycles. The van der Waals surface area contributed by atoms with Crippen LogP contribution in [0.4, 0.5) is 0 Å². The first-order valence-electron chi connectivity index (χ1n) is 4.54. The van der Waals surface area contributed by atoms with Crippen molar-refractivity contribution in [2.24, 2.45) is 0 Å². The molecule has 0 saturated heterocycles. The summed E-state index contributed by atoms with van der Waals surface area (Å²) in [6.45, 7) is 0.580. The quantitative estimate of drug-likeness (QED) is 0.657. The van der Waals surface area contributed by atoms with Gasteiger partial charge in [-0.25, -0.2) is 19.6 Å². The summed E-state index contributed by atoms with van der Waals surface area (Å²) in [7, 11) is 0. The summed E-state index contributed by atoms with van der Waals surface area (Å²) < 4.78 is 1.71. The van der Waals surface area contributed by atoms with Crippen molar-refractivity contribution in [3.05, 3.63) is 36.8 Å². The number of imidazole rings is 1.